The van der Waals surface area contributed by atoms with Gasteiger partial charge in [-0.3, -0.25) is 9.48 Å². The van der Waals surface area contributed by atoms with Gasteiger partial charge in [-0.15, -0.1) is 5.10 Å². The second-order valence-electron chi connectivity index (χ2n) is 5.23. The van der Waals surface area contributed by atoms with Gasteiger partial charge in [0.1, 0.15) is 11.4 Å². The van der Waals surface area contributed by atoms with E-state index >= 15 is 0 Å². The van der Waals surface area contributed by atoms with E-state index in [0.29, 0.717) is 17.0 Å². The summed E-state index contributed by atoms with van der Waals surface area (Å²) < 4.78 is 6.91. The number of amides is 1. The number of anilines is 1. The SMILES string of the molecule is CCn1cc(-c2cccc(NC(=O)c3cccc(OC)c3)c2)nn1. The first kappa shape index (κ1) is 15.7. The fourth-order valence-corrected chi connectivity index (χ4v) is 2.31. The number of carbonyl (C=O) groups excluding carboxylic acids is 1. The second-order valence-corrected chi connectivity index (χ2v) is 5.23. The molecule has 2 aromatic carbocycles. The summed E-state index contributed by atoms with van der Waals surface area (Å²) in [5, 5.41) is 11.1. The highest BCUT2D eigenvalue weighted by Crippen LogP contribution is 2.21. The van der Waals surface area contributed by atoms with Crippen LogP contribution in [0.25, 0.3) is 11.3 Å². The van der Waals surface area contributed by atoms with Crippen molar-refractivity contribution in [2.24, 2.45) is 0 Å². The van der Waals surface area contributed by atoms with Crippen LogP contribution >= 0.6 is 0 Å². The largest absolute Gasteiger partial charge is 0.497 e. The maximum absolute atomic E-state index is 12.4. The van der Waals surface area contributed by atoms with Gasteiger partial charge in [-0.05, 0) is 37.3 Å². The van der Waals surface area contributed by atoms with Gasteiger partial charge in [-0.2, -0.15) is 0 Å². The first-order valence-electron chi connectivity index (χ1n) is 7.65. The van der Waals surface area contributed by atoms with Gasteiger partial charge in [-0.25, -0.2) is 0 Å². The smallest absolute Gasteiger partial charge is 0.255 e. The molecule has 6 nitrogen and oxygen atoms in total. The van der Waals surface area contributed by atoms with Crippen molar-refractivity contribution in [3.8, 4) is 17.0 Å². The van der Waals surface area contributed by atoms with Crippen molar-refractivity contribution < 1.29 is 9.53 Å². The van der Waals surface area contributed by atoms with Gasteiger partial charge in [0.2, 0.25) is 0 Å². The van der Waals surface area contributed by atoms with E-state index in [1.54, 1.807) is 36.1 Å². The molecule has 0 spiro atoms. The first-order valence-corrected chi connectivity index (χ1v) is 7.65. The molecule has 0 aliphatic carbocycles. The molecule has 0 saturated carbocycles. The van der Waals surface area contributed by atoms with Gasteiger partial charge in [0, 0.05) is 23.4 Å². The number of aryl methyl sites for hydroxylation is 1. The molecule has 1 N–H and O–H groups in total. The highest BCUT2D eigenvalue weighted by Gasteiger charge is 2.09. The van der Waals surface area contributed by atoms with Crippen LogP contribution in [0.5, 0.6) is 5.75 Å². The standard InChI is InChI=1S/C18H18N4O2/c1-3-22-12-17(20-21-22)13-6-4-8-15(10-13)19-18(23)14-7-5-9-16(11-14)24-2/h4-12H,3H2,1-2H3,(H,19,23). The highest BCUT2D eigenvalue weighted by atomic mass is 16.5. The van der Waals surface area contributed by atoms with Crippen molar-refractivity contribution in [2.75, 3.05) is 12.4 Å². The Balaban J connectivity index is 1.80. The molecule has 0 radical (unpaired) electrons. The molecule has 0 unspecified atom stereocenters. The highest BCUT2D eigenvalue weighted by molar-refractivity contribution is 6.04. The number of ether oxygens (including phenoxy) is 1. The Morgan fingerprint density at radius 2 is 2.04 bits per heavy atom. The van der Waals surface area contributed by atoms with E-state index in [1.807, 2.05) is 37.4 Å². The molecular weight excluding hydrogens is 304 g/mol. The molecule has 3 aromatic rings. The molecule has 122 valence electrons. The fraction of sp³-hybridized carbons (Fsp3) is 0.167. The van der Waals surface area contributed by atoms with Crippen molar-refractivity contribution >= 4 is 11.6 Å². The summed E-state index contributed by atoms with van der Waals surface area (Å²) in [5.74, 6) is 0.454. The normalized spacial score (nSPS) is 10.4. The van der Waals surface area contributed by atoms with Crippen LogP contribution in [0.3, 0.4) is 0 Å². The topological polar surface area (TPSA) is 69.0 Å². The number of hydrogen-bond acceptors (Lipinski definition) is 4. The van der Waals surface area contributed by atoms with E-state index in [-0.39, 0.29) is 5.91 Å². The minimum atomic E-state index is -0.191. The Morgan fingerprint density at radius 1 is 1.21 bits per heavy atom. The van der Waals surface area contributed by atoms with Crippen LogP contribution in [0.2, 0.25) is 0 Å². The summed E-state index contributed by atoms with van der Waals surface area (Å²) >= 11 is 0. The Labute approximate surface area is 140 Å². The van der Waals surface area contributed by atoms with E-state index < -0.39 is 0 Å². The number of carbonyl (C=O) groups is 1. The molecule has 6 heteroatoms. The predicted octanol–water partition coefficient (Wildman–Crippen LogP) is 3.23. The summed E-state index contributed by atoms with van der Waals surface area (Å²) in [4.78, 5) is 12.4. The average Bonchev–Trinajstić information content (AvgIpc) is 3.11. The number of benzene rings is 2. The van der Waals surface area contributed by atoms with Crippen molar-refractivity contribution in [1.82, 2.24) is 15.0 Å². The number of aromatic nitrogens is 3. The van der Waals surface area contributed by atoms with E-state index in [1.165, 1.54) is 0 Å². The summed E-state index contributed by atoms with van der Waals surface area (Å²) in [5.41, 5.74) is 2.91. The molecular formula is C18H18N4O2. The molecule has 3 rings (SSSR count). The van der Waals surface area contributed by atoms with Crippen molar-refractivity contribution in [3.05, 3.63) is 60.3 Å². The zero-order valence-corrected chi connectivity index (χ0v) is 13.6. The maximum atomic E-state index is 12.4. The van der Waals surface area contributed by atoms with Crippen molar-refractivity contribution in [3.63, 3.8) is 0 Å². The van der Waals surface area contributed by atoms with Crippen LogP contribution in [0.15, 0.2) is 54.7 Å². The number of nitrogens with one attached hydrogen (secondary N) is 1. The van der Waals surface area contributed by atoms with Gasteiger partial charge < -0.3 is 10.1 Å². The third-order valence-corrected chi connectivity index (χ3v) is 3.61. The van der Waals surface area contributed by atoms with E-state index in [0.717, 1.165) is 17.8 Å². The van der Waals surface area contributed by atoms with E-state index in [4.69, 9.17) is 4.74 Å². The van der Waals surface area contributed by atoms with Crippen LogP contribution in [0.1, 0.15) is 17.3 Å². The number of nitrogens with zero attached hydrogens (tertiary/aromatic N) is 3. The molecule has 0 aliphatic rings. The first-order chi connectivity index (χ1) is 11.7. The second kappa shape index (κ2) is 6.95. The summed E-state index contributed by atoms with van der Waals surface area (Å²) in [6.45, 7) is 2.77. The number of hydrogen-bond donors (Lipinski definition) is 1. The lowest BCUT2D eigenvalue weighted by Gasteiger charge is -2.07. The van der Waals surface area contributed by atoms with Crippen LogP contribution in [-0.2, 0) is 6.54 Å². The van der Waals surface area contributed by atoms with Crippen LogP contribution in [0.4, 0.5) is 5.69 Å². The van der Waals surface area contributed by atoms with Crippen molar-refractivity contribution in [1.29, 1.82) is 0 Å². The van der Waals surface area contributed by atoms with E-state index in [9.17, 15) is 4.79 Å². The minimum Gasteiger partial charge on any atom is -0.497 e. The molecule has 24 heavy (non-hydrogen) atoms. The molecule has 0 aliphatic heterocycles. The van der Waals surface area contributed by atoms with Crippen LogP contribution in [0, 0.1) is 0 Å². The number of rotatable bonds is 5. The Hall–Kier alpha value is -3.15. The zero-order valence-electron chi connectivity index (χ0n) is 13.6. The molecule has 0 saturated heterocycles. The van der Waals surface area contributed by atoms with Crippen molar-refractivity contribution in [2.45, 2.75) is 13.5 Å². The summed E-state index contributed by atoms with van der Waals surface area (Å²) in [6, 6.07) is 14.6. The van der Waals surface area contributed by atoms with Gasteiger partial charge in [0.05, 0.1) is 13.3 Å². The fourth-order valence-electron chi connectivity index (χ4n) is 2.31. The molecule has 0 fully saturated rings. The van der Waals surface area contributed by atoms with Gasteiger partial charge in [-0.1, -0.05) is 23.4 Å². The van der Waals surface area contributed by atoms with E-state index in [2.05, 4.69) is 15.6 Å². The zero-order chi connectivity index (χ0) is 16.9. The monoisotopic (exact) mass is 322 g/mol. The minimum absolute atomic E-state index is 0.191. The Morgan fingerprint density at radius 3 is 2.79 bits per heavy atom. The van der Waals surface area contributed by atoms with Gasteiger partial charge in [0.25, 0.3) is 5.91 Å². The van der Waals surface area contributed by atoms with Gasteiger partial charge >= 0.3 is 0 Å². The van der Waals surface area contributed by atoms with Gasteiger partial charge in [0.15, 0.2) is 0 Å². The lowest BCUT2D eigenvalue weighted by atomic mass is 10.1. The Kier molecular flexibility index (Phi) is 4.56. The maximum Gasteiger partial charge on any atom is 0.255 e. The molecule has 0 atom stereocenters. The van der Waals surface area contributed by atoms with Crippen LogP contribution in [-0.4, -0.2) is 28.0 Å². The third kappa shape index (κ3) is 3.43. The lowest BCUT2D eigenvalue weighted by molar-refractivity contribution is 0.102. The molecule has 1 heterocycles. The number of methoxy groups -OCH3 is 1. The quantitative estimate of drug-likeness (QED) is 0.783. The molecule has 0 bridgehead atoms. The third-order valence-electron chi connectivity index (χ3n) is 3.61. The summed E-state index contributed by atoms with van der Waals surface area (Å²) in [7, 11) is 1.57. The molecule has 1 amide bonds. The molecule has 1 aromatic heterocycles. The average molecular weight is 322 g/mol. The summed E-state index contributed by atoms with van der Waals surface area (Å²) in [6.07, 6.45) is 1.88. The predicted molar refractivity (Wildman–Crippen MR) is 92.1 cm³/mol. The Bertz CT molecular complexity index is 857. The lowest BCUT2D eigenvalue weighted by Crippen LogP contribution is -2.11. The van der Waals surface area contributed by atoms with Crippen LogP contribution < -0.4 is 10.1 Å².